The fourth-order valence-electron chi connectivity index (χ4n) is 0.725. The van der Waals surface area contributed by atoms with Gasteiger partial charge in [-0.15, -0.1) is 0 Å². The van der Waals surface area contributed by atoms with Crippen LogP contribution >= 0.6 is 0 Å². The highest BCUT2D eigenvalue weighted by Crippen LogP contribution is 2.21. The van der Waals surface area contributed by atoms with E-state index in [2.05, 4.69) is 9.72 Å². The fraction of sp³-hybridized carbons (Fsp3) is 0.167. The van der Waals surface area contributed by atoms with Gasteiger partial charge in [0.25, 0.3) is 0 Å². The van der Waals surface area contributed by atoms with Crippen molar-refractivity contribution >= 4 is 11.1 Å². The molecular formula is C6H6FNO3S. The summed E-state index contributed by atoms with van der Waals surface area (Å²) in [5.74, 6) is -0.974. The van der Waals surface area contributed by atoms with E-state index < -0.39 is 21.9 Å². The summed E-state index contributed by atoms with van der Waals surface area (Å²) in [6, 6.07) is 1.31. The van der Waals surface area contributed by atoms with Crippen LogP contribution in [0.3, 0.4) is 0 Å². The van der Waals surface area contributed by atoms with Crippen LogP contribution in [0.1, 0.15) is 0 Å². The van der Waals surface area contributed by atoms with E-state index in [1.165, 1.54) is 13.2 Å². The third kappa shape index (κ3) is 1.59. The van der Waals surface area contributed by atoms with Gasteiger partial charge >= 0.3 is 0 Å². The minimum atomic E-state index is -2.41. The average Bonchev–Trinajstić information content (AvgIpc) is 2.03. The van der Waals surface area contributed by atoms with Gasteiger partial charge in [0.1, 0.15) is 5.75 Å². The maximum Gasteiger partial charge on any atom is 0.235 e. The summed E-state index contributed by atoms with van der Waals surface area (Å²) in [5, 5.41) is 0. The molecule has 4 nitrogen and oxygen atoms in total. The molecule has 6 heteroatoms. The van der Waals surface area contributed by atoms with E-state index in [0.29, 0.717) is 0 Å². The van der Waals surface area contributed by atoms with Crippen molar-refractivity contribution in [3.05, 3.63) is 18.2 Å². The van der Waals surface area contributed by atoms with Crippen LogP contribution in [-0.4, -0.2) is 20.9 Å². The maximum absolute atomic E-state index is 12.7. The first-order valence-electron chi connectivity index (χ1n) is 2.96. The molecule has 1 heterocycles. The summed E-state index contributed by atoms with van der Waals surface area (Å²) < 4.78 is 36.6. The Morgan fingerprint density at radius 3 is 2.83 bits per heavy atom. The van der Waals surface area contributed by atoms with E-state index in [-0.39, 0.29) is 5.75 Å². The second-order valence-corrected chi connectivity index (χ2v) is 2.79. The molecule has 0 saturated carbocycles. The zero-order chi connectivity index (χ0) is 9.14. The van der Waals surface area contributed by atoms with Crippen LogP contribution in [-0.2, 0) is 11.1 Å². The Kier molecular flexibility index (Phi) is 2.72. The van der Waals surface area contributed by atoms with E-state index in [1.807, 2.05) is 0 Å². The van der Waals surface area contributed by atoms with Gasteiger partial charge in [0.15, 0.2) is 16.0 Å². The van der Waals surface area contributed by atoms with Gasteiger partial charge < -0.3 is 9.29 Å². The summed E-state index contributed by atoms with van der Waals surface area (Å²) in [5.41, 5.74) is 0. The lowest BCUT2D eigenvalue weighted by Crippen LogP contribution is -1.99. The standard InChI is InChI=1S/C6H6FNO3S/c1-11-4-2-3-8-6(7)5(4)12(9)10/h2-3H,1H3,(H,9,10). The minimum absolute atomic E-state index is 0.0170. The van der Waals surface area contributed by atoms with Crippen molar-refractivity contribution in [1.82, 2.24) is 4.98 Å². The zero-order valence-electron chi connectivity index (χ0n) is 6.15. The third-order valence-electron chi connectivity index (χ3n) is 1.22. The number of pyridine rings is 1. The lowest BCUT2D eigenvalue weighted by molar-refractivity contribution is 0.389. The average molecular weight is 191 g/mol. The van der Waals surface area contributed by atoms with Crippen LogP contribution in [0, 0.1) is 5.95 Å². The molecular weight excluding hydrogens is 185 g/mol. The topological polar surface area (TPSA) is 59.4 Å². The first-order chi connectivity index (χ1) is 5.66. The van der Waals surface area contributed by atoms with E-state index in [1.54, 1.807) is 0 Å². The predicted octanol–water partition coefficient (Wildman–Crippen LogP) is 0.810. The Bertz CT molecular complexity index is 318. The van der Waals surface area contributed by atoms with Crippen LogP contribution in [0.4, 0.5) is 4.39 Å². The molecule has 1 rings (SSSR count). The lowest BCUT2D eigenvalue weighted by atomic mass is 10.4. The number of ether oxygens (including phenoxy) is 1. The molecule has 1 atom stereocenters. The summed E-state index contributed by atoms with van der Waals surface area (Å²) >= 11 is -2.41. The van der Waals surface area contributed by atoms with Gasteiger partial charge in [-0.25, -0.2) is 9.19 Å². The molecule has 12 heavy (non-hydrogen) atoms. The molecule has 0 aromatic carbocycles. The van der Waals surface area contributed by atoms with Gasteiger partial charge in [-0.1, -0.05) is 0 Å². The normalized spacial score (nSPS) is 12.6. The summed E-state index contributed by atoms with van der Waals surface area (Å²) in [6.45, 7) is 0. The van der Waals surface area contributed by atoms with Crippen molar-refractivity contribution in [2.24, 2.45) is 0 Å². The van der Waals surface area contributed by atoms with Gasteiger partial charge in [0.05, 0.1) is 7.11 Å². The van der Waals surface area contributed by atoms with Gasteiger partial charge in [-0.2, -0.15) is 4.39 Å². The predicted molar refractivity (Wildman–Crippen MR) is 39.8 cm³/mol. The molecule has 1 aromatic heterocycles. The van der Waals surface area contributed by atoms with Gasteiger partial charge in [0.2, 0.25) is 5.95 Å². The number of halogens is 1. The third-order valence-corrected chi connectivity index (χ3v) is 1.94. The summed E-state index contributed by atoms with van der Waals surface area (Å²) in [6.07, 6.45) is 1.16. The fourth-order valence-corrected chi connectivity index (χ4v) is 1.25. The zero-order valence-corrected chi connectivity index (χ0v) is 6.97. The van der Waals surface area contributed by atoms with Gasteiger partial charge in [0, 0.05) is 12.3 Å². The number of hydrogen-bond acceptors (Lipinski definition) is 3. The summed E-state index contributed by atoms with van der Waals surface area (Å²) in [7, 11) is 1.28. The quantitative estimate of drug-likeness (QED) is 0.555. The highest BCUT2D eigenvalue weighted by atomic mass is 32.2. The van der Waals surface area contributed by atoms with E-state index in [9.17, 15) is 8.60 Å². The highest BCUT2D eigenvalue weighted by Gasteiger charge is 2.15. The second kappa shape index (κ2) is 3.59. The molecule has 1 aromatic rings. The molecule has 0 radical (unpaired) electrons. The number of methoxy groups -OCH3 is 1. The van der Waals surface area contributed by atoms with Crippen molar-refractivity contribution in [3.63, 3.8) is 0 Å². The van der Waals surface area contributed by atoms with E-state index in [4.69, 9.17) is 4.55 Å². The van der Waals surface area contributed by atoms with Crippen LogP contribution in [0.2, 0.25) is 0 Å². The number of nitrogens with zero attached hydrogens (tertiary/aromatic N) is 1. The Morgan fingerprint density at radius 2 is 2.42 bits per heavy atom. The molecule has 0 amide bonds. The molecule has 0 saturated heterocycles. The van der Waals surface area contributed by atoms with E-state index >= 15 is 0 Å². The van der Waals surface area contributed by atoms with Crippen molar-refractivity contribution in [1.29, 1.82) is 0 Å². The molecule has 0 aliphatic heterocycles. The van der Waals surface area contributed by atoms with Crippen molar-refractivity contribution in [2.45, 2.75) is 4.90 Å². The lowest BCUT2D eigenvalue weighted by Gasteiger charge is -2.03. The van der Waals surface area contributed by atoms with Crippen LogP contribution in [0.15, 0.2) is 17.2 Å². The van der Waals surface area contributed by atoms with Gasteiger partial charge in [-0.05, 0) is 0 Å². The van der Waals surface area contributed by atoms with E-state index in [0.717, 1.165) is 6.20 Å². The molecule has 0 bridgehead atoms. The molecule has 1 unspecified atom stereocenters. The summed E-state index contributed by atoms with van der Waals surface area (Å²) in [4.78, 5) is 2.78. The molecule has 1 N–H and O–H groups in total. The maximum atomic E-state index is 12.7. The SMILES string of the molecule is COc1ccnc(F)c1S(=O)O. The smallest absolute Gasteiger partial charge is 0.235 e. The number of aromatic nitrogens is 1. The number of hydrogen-bond donors (Lipinski definition) is 1. The highest BCUT2D eigenvalue weighted by molar-refractivity contribution is 7.79. The second-order valence-electron chi connectivity index (χ2n) is 1.88. The molecule has 0 aliphatic rings. The molecule has 0 aliphatic carbocycles. The van der Waals surface area contributed by atoms with Crippen LogP contribution in [0.5, 0.6) is 5.75 Å². The molecule has 0 fully saturated rings. The van der Waals surface area contributed by atoms with Gasteiger partial charge in [-0.3, -0.25) is 0 Å². The Morgan fingerprint density at radius 1 is 1.75 bits per heavy atom. The Balaban J connectivity index is 3.29. The first kappa shape index (κ1) is 9.08. The van der Waals surface area contributed by atoms with Crippen molar-refractivity contribution in [3.8, 4) is 5.75 Å². The Hall–Kier alpha value is -1.01. The first-order valence-corrected chi connectivity index (χ1v) is 4.07. The number of rotatable bonds is 2. The largest absolute Gasteiger partial charge is 0.495 e. The van der Waals surface area contributed by atoms with Crippen molar-refractivity contribution < 1.29 is 17.9 Å². The van der Waals surface area contributed by atoms with Crippen LogP contribution < -0.4 is 4.74 Å². The van der Waals surface area contributed by atoms with Crippen molar-refractivity contribution in [2.75, 3.05) is 7.11 Å². The molecule has 66 valence electrons. The van der Waals surface area contributed by atoms with Crippen LogP contribution in [0.25, 0.3) is 0 Å². The minimum Gasteiger partial charge on any atom is -0.495 e. The molecule has 0 spiro atoms. The Labute approximate surface area is 70.7 Å². The monoisotopic (exact) mass is 191 g/mol.